The van der Waals surface area contributed by atoms with Crippen molar-refractivity contribution in [1.29, 1.82) is 0 Å². The van der Waals surface area contributed by atoms with Gasteiger partial charge in [-0.15, -0.1) is 0 Å². The van der Waals surface area contributed by atoms with Crippen LogP contribution >= 0.6 is 11.6 Å². The molecule has 0 saturated carbocycles. The Hall–Kier alpha value is -3.00. The van der Waals surface area contributed by atoms with E-state index in [0.29, 0.717) is 22.1 Å². The Kier molecular flexibility index (Phi) is 4.85. The number of carbonyl (C=O) groups is 2. The minimum absolute atomic E-state index is 0.0280. The standard InChI is InChI=1S/C17H15ClFN5O2/c1-9-15(18)12(6-7-21-9)22-17(26)13-8-14(16(20)25)24(23-13)11-4-2-10(19)3-5-11/h2-7,14H,8H2,1H3,(H2,20,25)(H,21,22,26)/t14-/m1/s1. The third-order valence-corrected chi connectivity index (χ3v) is 4.38. The van der Waals surface area contributed by atoms with Gasteiger partial charge in [0.25, 0.3) is 5.91 Å². The van der Waals surface area contributed by atoms with E-state index in [1.807, 2.05) is 0 Å². The minimum atomic E-state index is -0.837. The lowest BCUT2D eigenvalue weighted by Gasteiger charge is -2.20. The Morgan fingerprint density at radius 2 is 2.00 bits per heavy atom. The minimum Gasteiger partial charge on any atom is -0.368 e. The molecule has 0 spiro atoms. The Balaban J connectivity index is 1.86. The number of hydrazone groups is 1. The summed E-state index contributed by atoms with van der Waals surface area (Å²) >= 11 is 6.13. The molecule has 1 aliphatic rings. The lowest BCUT2D eigenvalue weighted by atomic mass is 10.1. The summed E-state index contributed by atoms with van der Waals surface area (Å²) in [6.45, 7) is 1.71. The van der Waals surface area contributed by atoms with Gasteiger partial charge >= 0.3 is 0 Å². The number of primary amides is 1. The highest BCUT2D eigenvalue weighted by Crippen LogP contribution is 2.27. The molecule has 3 N–H and O–H groups in total. The summed E-state index contributed by atoms with van der Waals surface area (Å²) < 4.78 is 13.1. The van der Waals surface area contributed by atoms with Crippen LogP contribution in [0.2, 0.25) is 5.02 Å². The molecule has 1 atom stereocenters. The third kappa shape index (κ3) is 3.50. The monoisotopic (exact) mass is 375 g/mol. The van der Waals surface area contributed by atoms with Gasteiger partial charge in [-0.05, 0) is 37.3 Å². The summed E-state index contributed by atoms with van der Waals surface area (Å²) in [5.74, 6) is -1.57. The molecule has 1 aromatic heterocycles. The number of anilines is 2. The quantitative estimate of drug-likeness (QED) is 0.855. The first kappa shape index (κ1) is 17.8. The van der Waals surface area contributed by atoms with Gasteiger partial charge < -0.3 is 11.1 Å². The van der Waals surface area contributed by atoms with Gasteiger partial charge in [0, 0.05) is 12.6 Å². The van der Waals surface area contributed by atoms with E-state index in [4.69, 9.17) is 17.3 Å². The van der Waals surface area contributed by atoms with Crippen molar-refractivity contribution in [2.75, 3.05) is 10.3 Å². The van der Waals surface area contributed by atoms with Crippen LogP contribution in [0.25, 0.3) is 0 Å². The van der Waals surface area contributed by atoms with Crippen LogP contribution < -0.4 is 16.1 Å². The second-order valence-corrected chi connectivity index (χ2v) is 6.08. The molecule has 0 fully saturated rings. The molecule has 2 aromatic rings. The SMILES string of the molecule is Cc1nccc(NC(=O)C2=NN(c3ccc(F)cc3)[C@@H](C(N)=O)C2)c1Cl. The Labute approximate surface area is 153 Å². The number of amides is 2. The topological polar surface area (TPSA) is 101 Å². The molecule has 0 bridgehead atoms. The fourth-order valence-corrected chi connectivity index (χ4v) is 2.70. The number of rotatable bonds is 4. The molecule has 2 amide bonds. The van der Waals surface area contributed by atoms with Crippen molar-refractivity contribution in [2.24, 2.45) is 10.8 Å². The highest BCUT2D eigenvalue weighted by atomic mass is 35.5. The van der Waals surface area contributed by atoms with Crippen molar-refractivity contribution in [3.05, 3.63) is 53.1 Å². The van der Waals surface area contributed by atoms with Gasteiger partial charge in [0.1, 0.15) is 17.6 Å². The number of hydrogen-bond acceptors (Lipinski definition) is 5. The van der Waals surface area contributed by atoms with Crippen molar-refractivity contribution >= 4 is 40.5 Å². The molecule has 2 heterocycles. The average molecular weight is 376 g/mol. The number of nitrogens with one attached hydrogen (secondary N) is 1. The molecule has 0 aliphatic carbocycles. The van der Waals surface area contributed by atoms with E-state index in [9.17, 15) is 14.0 Å². The molecule has 0 saturated heterocycles. The predicted molar refractivity (Wildman–Crippen MR) is 96.5 cm³/mol. The van der Waals surface area contributed by atoms with Crippen molar-refractivity contribution in [1.82, 2.24) is 4.98 Å². The maximum absolute atomic E-state index is 13.1. The highest BCUT2D eigenvalue weighted by molar-refractivity contribution is 6.45. The number of nitrogens with two attached hydrogens (primary N) is 1. The fraction of sp³-hybridized carbons (Fsp3) is 0.176. The van der Waals surface area contributed by atoms with E-state index < -0.39 is 23.7 Å². The summed E-state index contributed by atoms with van der Waals surface area (Å²) in [5.41, 5.74) is 6.96. The van der Waals surface area contributed by atoms with Gasteiger partial charge in [-0.3, -0.25) is 19.6 Å². The van der Waals surface area contributed by atoms with E-state index in [2.05, 4.69) is 15.4 Å². The van der Waals surface area contributed by atoms with Crippen LogP contribution in [0.4, 0.5) is 15.8 Å². The Bertz CT molecular complexity index is 901. The summed E-state index contributed by atoms with van der Waals surface area (Å²) in [6.07, 6.45) is 1.55. The Morgan fingerprint density at radius 1 is 1.31 bits per heavy atom. The first-order chi connectivity index (χ1) is 12.4. The van der Waals surface area contributed by atoms with E-state index in [0.717, 1.165) is 0 Å². The zero-order chi connectivity index (χ0) is 18.8. The largest absolute Gasteiger partial charge is 0.368 e. The van der Waals surface area contributed by atoms with Crippen LogP contribution in [0.3, 0.4) is 0 Å². The molecule has 3 rings (SSSR count). The zero-order valence-electron chi connectivity index (χ0n) is 13.7. The van der Waals surface area contributed by atoms with E-state index in [-0.39, 0.29) is 12.1 Å². The van der Waals surface area contributed by atoms with E-state index in [1.165, 1.54) is 35.5 Å². The Morgan fingerprint density at radius 3 is 2.65 bits per heavy atom. The van der Waals surface area contributed by atoms with Crippen LogP contribution in [-0.2, 0) is 9.59 Å². The second kappa shape index (κ2) is 7.09. The van der Waals surface area contributed by atoms with E-state index in [1.54, 1.807) is 13.0 Å². The summed E-state index contributed by atoms with van der Waals surface area (Å²) in [5, 5.41) is 8.48. The highest BCUT2D eigenvalue weighted by Gasteiger charge is 2.35. The van der Waals surface area contributed by atoms with Gasteiger partial charge in [-0.2, -0.15) is 5.10 Å². The predicted octanol–water partition coefficient (Wildman–Crippen LogP) is 2.24. The van der Waals surface area contributed by atoms with Gasteiger partial charge in [0.05, 0.1) is 22.1 Å². The molecular formula is C17H15ClFN5O2. The van der Waals surface area contributed by atoms with Crippen molar-refractivity contribution in [3.8, 4) is 0 Å². The molecule has 0 unspecified atom stereocenters. The van der Waals surface area contributed by atoms with Crippen molar-refractivity contribution < 1.29 is 14.0 Å². The van der Waals surface area contributed by atoms with Gasteiger partial charge in [0.15, 0.2) is 0 Å². The molecule has 0 radical (unpaired) electrons. The van der Waals surface area contributed by atoms with Gasteiger partial charge in [-0.1, -0.05) is 11.6 Å². The molecule has 134 valence electrons. The van der Waals surface area contributed by atoms with Crippen molar-refractivity contribution in [2.45, 2.75) is 19.4 Å². The number of carbonyl (C=O) groups excluding carboxylic acids is 2. The second-order valence-electron chi connectivity index (χ2n) is 5.70. The molecule has 1 aliphatic heterocycles. The summed E-state index contributed by atoms with van der Waals surface area (Å²) in [4.78, 5) is 28.3. The molecule has 26 heavy (non-hydrogen) atoms. The lowest BCUT2D eigenvalue weighted by molar-refractivity contribution is -0.119. The summed E-state index contributed by atoms with van der Waals surface area (Å²) in [6, 6.07) is 6.11. The number of aromatic nitrogens is 1. The average Bonchev–Trinajstić information content (AvgIpc) is 3.05. The summed E-state index contributed by atoms with van der Waals surface area (Å²) in [7, 11) is 0. The van der Waals surface area contributed by atoms with Crippen LogP contribution in [0.1, 0.15) is 12.1 Å². The number of aryl methyl sites for hydroxylation is 1. The molecule has 9 heteroatoms. The van der Waals surface area contributed by atoms with Crippen LogP contribution in [0.15, 0.2) is 41.6 Å². The third-order valence-electron chi connectivity index (χ3n) is 3.90. The number of nitrogens with zero attached hydrogens (tertiary/aromatic N) is 3. The van der Waals surface area contributed by atoms with Crippen LogP contribution in [0.5, 0.6) is 0 Å². The first-order valence-electron chi connectivity index (χ1n) is 7.71. The lowest BCUT2D eigenvalue weighted by Crippen LogP contribution is -2.39. The fourth-order valence-electron chi connectivity index (χ4n) is 2.54. The van der Waals surface area contributed by atoms with Gasteiger partial charge in [-0.25, -0.2) is 4.39 Å². The first-order valence-corrected chi connectivity index (χ1v) is 8.08. The van der Waals surface area contributed by atoms with Crippen LogP contribution in [0, 0.1) is 12.7 Å². The number of halogens is 2. The van der Waals surface area contributed by atoms with Crippen LogP contribution in [-0.4, -0.2) is 28.6 Å². The van der Waals surface area contributed by atoms with E-state index >= 15 is 0 Å². The maximum Gasteiger partial charge on any atom is 0.272 e. The smallest absolute Gasteiger partial charge is 0.272 e. The number of benzene rings is 1. The number of hydrogen-bond donors (Lipinski definition) is 2. The molecule has 1 aromatic carbocycles. The molecule has 7 nitrogen and oxygen atoms in total. The number of pyridine rings is 1. The zero-order valence-corrected chi connectivity index (χ0v) is 14.5. The maximum atomic E-state index is 13.1. The van der Waals surface area contributed by atoms with Gasteiger partial charge in [0.2, 0.25) is 5.91 Å². The normalized spacial score (nSPS) is 16.3. The molecular weight excluding hydrogens is 361 g/mol. The van der Waals surface area contributed by atoms with Crippen molar-refractivity contribution in [3.63, 3.8) is 0 Å².